The minimum atomic E-state index is 0.178. The van der Waals surface area contributed by atoms with Gasteiger partial charge in [-0.3, -0.25) is 0 Å². The first-order valence-electron chi connectivity index (χ1n) is 4.67. The molecule has 0 heterocycles. The maximum atomic E-state index is 9.38. The highest BCUT2D eigenvalue weighted by atomic mass is 16.5. The standard InChI is InChI=1S/C11H16O3/c1-9(13-2)7-8-14-11-6-4-3-5-10(11)12/h3-6,9,12H,7-8H2,1-2H3. The lowest BCUT2D eigenvalue weighted by atomic mass is 10.3. The normalized spacial score (nSPS) is 12.4. The van der Waals surface area contributed by atoms with Crippen molar-refractivity contribution in [2.45, 2.75) is 19.4 Å². The number of para-hydroxylation sites is 2. The van der Waals surface area contributed by atoms with Gasteiger partial charge in [0.25, 0.3) is 0 Å². The van der Waals surface area contributed by atoms with Crippen LogP contribution in [0.4, 0.5) is 0 Å². The van der Waals surface area contributed by atoms with Gasteiger partial charge in [0.05, 0.1) is 12.7 Å². The van der Waals surface area contributed by atoms with E-state index in [9.17, 15) is 5.11 Å². The summed E-state index contributed by atoms with van der Waals surface area (Å²) < 4.78 is 10.5. The molecule has 0 amide bonds. The van der Waals surface area contributed by atoms with E-state index in [1.807, 2.05) is 13.0 Å². The van der Waals surface area contributed by atoms with Crippen molar-refractivity contribution in [3.8, 4) is 11.5 Å². The first-order chi connectivity index (χ1) is 6.74. The third-order valence-electron chi connectivity index (χ3n) is 2.05. The number of phenolic OH excluding ortho intramolecular Hbond substituents is 1. The van der Waals surface area contributed by atoms with Gasteiger partial charge in [-0.2, -0.15) is 0 Å². The second-order valence-electron chi connectivity index (χ2n) is 3.15. The molecule has 0 fully saturated rings. The number of phenols is 1. The van der Waals surface area contributed by atoms with Gasteiger partial charge in [0.1, 0.15) is 0 Å². The van der Waals surface area contributed by atoms with Crippen LogP contribution >= 0.6 is 0 Å². The summed E-state index contributed by atoms with van der Waals surface area (Å²) in [6, 6.07) is 6.94. The Hall–Kier alpha value is -1.22. The average Bonchev–Trinajstić information content (AvgIpc) is 2.20. The molecule has 0 aliphatic carbocycles. The average molecular weight is 196 g/mol. The number of rotatable bonds is 5. The van der Waals surface area contributed by atoms with Gasteiger partial charge in [-0.25, -0.2) is 0 Å². The largest absolute Gasteiger partial charge is 0.504 e. The maximum Gasteiger partial charge on any atom is 0.160 e. The molecule has 0 aliphatic heterocycles. The number of aromatic hydroxyl groups is 1. The van der Waals surface area contributed by atoms with E-state index in [0.29, 0.717) is 12.4 Å². The highest BCUT2D eigenvalue weighted by molar-refractivity contribution is 5.37. The molecule has 0 aliphatic rings. The molecule has 1 unspecified atom stereocenters. The summed E-state index contributed by atoms with van der Waals surface area (Å²) in [4.78, 5) is 0. The summed E-state index contributed by atoms with van der Waals surface area (Å²) in [7, 11) is 1.67. The van der Waals surface area contributed by atoms with Crippen LogP contribution < -0.4 is 4.74 Å². The van der Waals surface area contributed by atoms with Crippen molar-refractivity contribution in [2.24, 2.45) is 0 Å². The van der Waals surface area contributed by atoms with Gasteiger partial charge >= 0.3 is 0 Å². The predicted octanol–water partition coefficient (Wildman–Crippen LogP) is 2.20. The van der Waals surface area contributed by atoms with Gasteiger partial charge in [0, 0.05) is 13.5 Å². The number of hydrogen-bond donors (Lipinski definition) is 1. The van der Waals surface area contributed by atoms with Crippen LogP contribution in [0.5, 0.6) is 11.5 Å². The van der Waals surface area contributed by atoms with Crippen LogP contribution in [-0.4, -0.2) is 24.9 Å². The van der Waals surface area contributed by atoms with E-state index in [2.05, 4.69) is 0 Å². The van der Waals surface area contributed by atoms with Crippen LogP contribution in [0.3, 0.4) is 0 Å². The highest BCUT2D eigenvalue weighted by Crippen LogP contribution is 2.24. The molecule has 1 aromatic rings. The maximum absolute atomic E-state index is 9.38. The predicted molar refractivity (Wildman–Crippen MR) is 54.7 cm³/mol. The fourth-order valence-electron chi connectivity index (χ4n) is 1.03. The molecule has 14 heavy (non-hydrogen) atoms. The lowest BCUT2D eigenvalue weighted by Crippen LogP contribution is -2.10. The van der Waals surface area contributed by atoms with Gasteiger partial charge in [-0.05, 0) is 19.1 Å². The fraction of sp³-hybridized carbons (Fsp3) is 0.455. The molecule has 0 aromatic heterocycles. The Bertz CT molecular complexity index is 273. The van der Waals surface area contributed by atoms with Crippen molar-refractivity contribution in [1.82, 2.24) is 0 Å². The molecular formula is C11H16O3. The van der Waals surface area contributed by atoms with Crippen molar-refractivity contribution in [3.05, 3.63) is 24.3 Å². The van der Waals surface area contributed by atoms with Crippen molar-refractivity contribution in [1.29, 1.82) is 0 Å². The van der Waals surface area contributed by atoms with Crippen LogP contribution in [0.1, 0.15) is 13.3 Å². The highest BCUT2D eigenvalue weighted by Gasteiger charge is 2.02. The Labute approximate surface area is 84.3 Å². The molecule has 3 nitrogen and oxygen atoms in total. The van der Waals surface area contributed by atoms with Crippen molar-refractivity contribution >= 4 is 0 Å². The molecule has 3 heteroatoms. The summed E-state index contributed by atoms with van der Waals surface area (Å²) in [5.41, 5.74) is 0. The number of hydrogen-bond acceptors (Lipinski definition) is 3. The van der Waals surface area contributed by atoms with Gasteiger partial charge in [0.15, 0.2) is 11.5 Å². The number of ether oxygens (including phenoxy) is 2. The van der Waals surface area contributed by atoms with Gasteiger partial charge < -0.3 is 14.6 Å². The molecule has 1 atom stereocenters. The first kappa shape index (κ1) is 10.9. The van der Waals surface area contributed by atoms with Gasteiger partial charge in [-0.15, -0.1) is 0 Å². The van der Waals surface area contributed by atoms with E-state index in [1.54, 1.807) is 25.3 Å². The number of methoxy groups -OCH3 is 1. The van der Waals surface area contributed by atoms with Crippen LogP contribution in [0.25, 0.3) is 0 Å². The van der Waals surface area contributed by atoms with Gasteiger partial charge in [0.2, 0.25) is 0 Å². The van der Waals surface area contributed by atoms with Crippen LogP contribution in [0, 0.1) is 0 Å². The fourth-order valence-corrected chi connectivity index (χ4v) is 1.03. The molecule has 1 N–H and O–H groups in total. The Morgan fingerprint density at radius 3 is 2.71 bits per heavy atom. The Balaban J connectivity index is 2.35. The monoisotopic (exact) mass is 196 g/mol. The first-order valence-corrected chi connectivity index (χ1v) is 4.67. The molecular weight excluding hydrogens is 180 g/mol. The zero-order valence-electron chi connectivity index (χ0n) is 8.56. The van der Waals surface area contributed by atoms with Crippen molar-refractivity contribution in [2.75, 3.05) is 13.7 Å². The summed E-state index contributed by atoms with van der Waals surface area (Å²) >= 11 is 0. The molecule has 0 bridgehead atoms. The molecule has 1 aromatic carbocycles. The van der Waals surface area contributed by atoms with Crippen LogP contribution in [0.15, 0.2) is 24.3 Å². The van der Waals surface area contributed by atoms with Crippen LogP contribution in [0.2, 0.25) is 0 Å². The molecule has 0 saturated carbocycles. The van der Waals surface area contributed by atoms with Crippen molar-refractivity contribution in [3.63, 3.8) is 0 Å². The molecule has 0 radical (unpaired) electrons. The molecule has 0 spiro atoms. The third-order valence-corrected chi connectivity index (χ3v) is 2.05. The zero-order valence-corrected chi connectivity index (χ0v) is 8.56. The van der Waals surface area contributed by atoms with E-state index >= 15 is 0 Å². The molecule has 78 valence electrons. The molecule has 1 rings (SSSR count). The van der Waals surface area contributed by atoms with E-state index in [1.165, 1.54) is 0 Å². The topological polar surface area (TPSA) is 38.7 Å². The number of benzene rings is 1. The Morgan fingerprint density at radius 2 is 2.07 bits per heavy atom. The lowest BCUT2D eigenvalue weighted by Gasteiger charge is -2.11. The second-order valence-corrected chi connectivity index (χ2v) is 3.15. The summed E-state index contributed by atoms with van der Waals surface area (Å²) in [5, 5.41) is 9.38. The van der Waals surface area contributed by atoms with E-state index in [4.69, 9.17) is 9.47 Å². The lowest BCUT2D eigenvalue weighted by molar-refractivity contribution is 0.0950. The SMILES string of the molecule is COC(C)CCOc1ccccc1O. The quantitative estimate of drug-likeness (QED) is 0.784. The minimum absolute atomic E-state index is 0.178. The van der Waals surface area contributed by atoms with E-state index in [-0.39, 0.29) is 11.9 Å². The summed E-state index contributed by atoms with van der Waals surface area (Å²) in [6.45, 7) is 2.53. The van der Waals surface area contributed by atoms with E-state index in [0.717, 1.165) is 6.42 Å². The Kier molecular flexibility index (Phi) is 4.26. The smallest absolute Gasteiger partial charge is 0.160 e. The molecule has 0 saturated heterocycles. The Morgan fingerprint density at radius 1 is 1.36 bits per heavy atom. The summed E-state index contributed by atoms with van der Waals surface area (Å²) in [5.74, 6) is 0.702. The van der Waals surface area contributed by atoms with Crippen LogP contribution in [-0.2, 0) is 4.74 Å². The minimum Gasteiger partial charge on any atom is -0.504 e. The third kappa shape index (κ3) is 3.26. The van der Waals surface area contributed by atoms with E-state index < -0.39 is 0 Å². The zero-order chi connectivity index (χ0) is 10.4. The summed E-state index contributed by atoms with van der Waals surface area (Å²) in [6.07, 6.45) is 0.992. The second kappa shape index (κ2) is 5.50. The van der Waals surface area contributed by atoms with Crippen molar-refractivity contribution < 1.29 is 14.6 Å². The van der Waals surface area contributed by atoms with Gasteiger partial charge in [-0.1, -0.05) is 12.1 Å².